The van der Waals surface area contributed by atoms with Crippen LogP contribution >= 0.6 is 11.9 Å². The molecule has 1 atom stereocenters. The van der Waals surface area contributed by atoms with Gasteiger partial charge in [0.05, 0.1) is 19.8 Å². The van der Waals surface area contributed by atoms with Gasteiger partial charge < -0.3 is 13.8 Å². The van der Waals surface area contributed by atoms with Crippen molar-refractivity contribution in [1.82, 2.24) is 4.31 Å². The second kappa shape index (κ2) is 8.02. The second-order valence-electron chi connectivity index (χ2n) is 6.58. The molecule has 0 spiro atoms. The number of allylic oxidation sites excluding steroid dienone is 3. The molecule has 2 aromatic rings. The predicted molar refractivity (Wildman–Crippen MR) is 108 cm³/mol. The Balaban J connectivity index is 1.40. The van der Waals surface area contributed by atoms with Gasteiger partial charge in [0.1, 0.15) is 11.9 Å². The van der Waals surface area contributed by atoms with E-state index >= 15 is 0 Å². The van der Waals surface area contributed by atoms with E-state index in [1.807, 2.05) is 0 Å². The number of hydrogen-bond acceptors (Lipinski definition) is 4. The Morgan fingerprint density at radius 2 is 1.88 bits per heavy atom. The molecule has 4 rings (SSSR count). The van der Waals surface area contributed by atoms with Crippen LogP contribution in [0.15, 0.2) is 72.4 Å². The molecule has 2 aromatic carbocycles. The molecule has 2 aliphatic heterocycles. The fourth-order valence-electron chi connectivity index (χ4n) is 3.05. The Morgan fingerprint density at radius 1 is 1.08 bits per heavy atom. The summed E-state index contributed by atoms with van der Waals surface area (Å²) < 4.78 is 13.7. The van der Waals surface area contributed by atoms with Gasteiger partial charge in [0, 0.05) is 17.0 Å². The van der Waals surface area contributed by atoms with Crippen LogP contribution in [0, 0.1) is 0 Å². The molecule has 0 aliphatic carbocycles. The Hall–Kier alpha value is -2.17. The van der Waals surface area contributed by atoms with E-state index in [4.69, 9.17) is 9.47 Å². The summed E-state index contributed by atoms with van der Waals surface area (Å²) >= 11 is 1.80. The fourth-order valence-corrected chi connectivity index (χ4v) is 4.07. The van der Waals surface area contributed by atoms with Crippen molar-refractivity contribution in [1.29, 1.82) is 0 Å². The summed E-state index contributed by atoms with van der Waals surface area (Å²) in [6.45, 7) is 4.52. The van der Waals surface area contributed by atoms with Crippen molar-refractivity contribution in [3.63, 3.8) is 0 Å². The summed E-state index contributed by atoms with van der Waals surface area (Å²) in [7, 11) is 0. The van der Waals surface area contributed by atoms with Crippen LogP contribution in [0.1, 0.15) is 24.5 Å². The summed E-state index contributed by atoms with van der Waals surface area (Å²) in [5.74, 6) is 0.924. The molecule has 0 bridgehead atoms. The highest BCUT2D eigenvalue weighted by atomic mass is 32.2. The normalized spacial score (nSPS) is 19.9. The van der Waals surface area contributed by atoms with Gasteiger partial charge in [-0.05, 0) is 54.3 Å². The molecule has 1 fully saturated rings. The first-order chi connectivity index (χ1) is 12.8. The zero-order chi connectivity index (χ0) is 17.8. The van der Waals surface area contributed by atoms with Crippen LogP contribution in [0.4, 0.5) is 0 Å². The molecule has 26 heavy (non-hydrogen) atoms. The van der Waals surface area contributed by atoms with Crippen molar-refractivity contribution in [3.8, 4) is 5.75 Å². The SMILES string of the molecule is CC1=CC=C(c2ccccc2)SN1Cc1ccc(O[C@H]2CCOC2)cc1. The Kier molecular flexibility index (Phi) is 5.32. The van der Waals surface area contributed by atoms with Gasteiger partial charge in [-0.15, -0.1) is 0 Å². The van der Waals surface area contributed by atoms with E-state index in [9.17, 15) is 0 Å². The van der Waals surface area contributed by atoms with Crippen LogP contribution in [0.3, 0.4) is 0 Å². The van der Waals surface area contributed by atoms with E-state index in [2.05, 4.69) is 78.0 Å². The molecule has 4 heteroatoms. The van der Waals surface area contributed by atoms with Crippen LogP contribution < -0.4 is 4.74 Å². The van der Waals surface area contributed by atoms with Gasteiger partial charge in [-0.1, -0.05) is 42.5 Å². The highest BCUT2D eigenvalue weighted by Crippen LogP contribution is 2.37. The summed E-state index contributed by atoms with van der Waals surface area (Å²) in [6.07, 6.45) is 5.57. The third kappa shape index (κ3) is 4.14. The van der Waals surface area contributed by atoms with Crippen LogP contribution in [0.5, 0.6) is 5.75 Å². The molecular formula is C22H23NO2S. The van der Waals surface area contributed by atoms with Gasteiger partial charge in [0.15, 0.2) is 0 Å². The lowest BCUT2D eigenvalue weighted by molar-refractivity contribution is 0.141. The van der Waals surface area contributed by atoms with E-state index in [-0.39, 0.29) is 6.10 Å². The third-order valence-corrected chi connectivity index (χ3v) is 5.78. The molecule has 1 saturated heterocycles. The summed E-state index contributed by atoms with van der Waals surface area (Å²) in [6, 6.07) is 19.0. The molecule has 2 heterocycles. The smallest absolute Gasteiger partial charge is 0.124 e. The molecule has 0 radical (unpaired) electrons. The van der Waals surface area contributed by atoms with Crippen molar-refractivity contribution in [2.75, 3.05) is 13.2 Å². The Bertz CT molecular complexity index is 793. The number of rotatable bonds is 5. The molecule has 0 amide bonds. The maximum atomic E-state index is 5.95. The molecule has 0 aromatic heterocycles. The van der Waals surface area contributed by atoms with Gasteiger partial charge >= 0.3 is 0 Å². The average Bonchev–Trinajstić information content (AvgIpc) is 3.19. The van der Waals surface area contributed by atoms with Crippen molar-refractivity contribution in [2.24, 2.45) is 0 Å². The first kappa shape index (κ1) is 17.3. The molecule has 0 N–H and O–H groups in total. The Morgan fingerprint density at radius 3 is 2.62 bits per heavy atom. The average molecular weight is 365 g/mol. The number of nitrogens with zero attached hydrogens (tertiary/aromatic N) is 1. The highest BCUT2D eigenvalue weighted by Gasteiger charge is 2.18. The van der Waals surface area contributed by atoms with E-state index in [0.717, 1.165) is 25.3 Å². The van der Waals surface area contributed by atoms with E-state index in [0.29, 0.717) is 6.61 Å². The maximum Gasteiger partial charge on any atom is 0.124 e. The molecule has 0 saturated carbocycles. The minimum Gasteiger partial charge on any atom is -0.488 e. The zero-order valence-electron chi connectivity index (χ0n) is 14.9. The largest absolute Gasteiger partial charge is 0.488 e. The zero-order valence-corrected chi connectivity index (χ0v) is 15.7. The first-order valence-corrected chi connectivity index (χ1v) is 9.78. The van der Waals surface area contributed by atoms with Crippen molar-refractivity contribution in [2.45, 2.75) is 26.0 Å². The quantitative estimate of drug-likeness (QED) is 0.674. The van der Waals surface area contributed by atoms with Gasteiger partial charge in [-0.3, -0.25) is 0 Å². The molecule has 2 aliphatic rings. The van der Waals surface area contributed by atoms with Crippen molar-refractivity contribution >= 4 is 16.9 Å². The molecule has 0 unspecified atom stereocenters. The minimum atomic E-state index is 0.197. The molecule has 3 nitrogen and oxygen atoms in total. The van der Waals surface area contributed by atoms with Crippen LogP contribution in [-0.2, 0) is 11.3 Å². The summed E-state index contributed by atoms with van der Waals surface area (Å²) in [5.41, 5.74) is 3.79. The monoisotopic (exact) mass is 365 g/mol. The van der Waals surface area contributed by atoms with Crippen molar-refractivity contribution in [3.05, 3.63) is 83.6 Å². The highest BCUT2D eigenvalue weighted by molar-refractivity contribution is 8.06. The van der Waals surface area contributed by atoms with E-state index in [1.54, 1.807) is 11.9 Å². The number of hydrogen-bond donors (Lipinski definition) is 0. The van der Waals surface area contributed by atoms with Crippen LogP contribution in [0.25, 0.3) is 4.91 Å². The van der Waals surface area contributed by atoms with E-state index in [1.165, 1.54) is 21.7 Å². The van der Waals surface area contributed by atoms with Gasteiger partial charge in [0.25, 0.3) is 0 Å². The summed E-state index contributed by atoms with van der Waals surface area (Å²) in [4.78, 5) is 1.28. The topological polar surface area (TPSA) is 21.7 Å². The van der Waals surface area contributed by atoms with Gasteiger partial charge in [0.2, 0.25) is 0 Å². The lowest BCUT2D eigenvalue weighted by atomic mass is 10.2. The molecular weight excluding hydrogens is 342 g/mol. The summed E-state index contributed by atoms with van der Waals surface area (Å²) in [5, 5.41) is 0. The molecule has 134 valence electrons. The lowest BCUT2D eigenvalue weighted by Gasteiger charge is -2.28. The van der Waals surface area contributed by atoms with Crippen molar-refractivity contribution < 1.29 is 9.47 Å². The first-order valence-electron chi connectivity index (χ1n) is 9.01. The number of ether oxygens (including phenoxy) is 2. The van der Waals surface area contributed by atoms with E-state index < -0.39 is 0 Å². The third-order valence-electron chi connectivity index (χ3n) is 4.58. The van der Waals surface area contributed by atoms with Crippen LogP contribution in [0.2, 0.25) is 0 Å². The van der Waals surface area contributed by atoms with Crippen LogP contribution in [-0.4, -0.2) is 23.6 Å². The predicted octanol–water partition coefficient (Wildman–Crippen LogP) is 5.26. The van der Waals surface area contributed by atoms with Gasteiger partial charge in [-0.2, -0.15) is 0 Å². The Labute approximate surface area is 159 Å². The van der Waals surface area contributed by atoms with Gasteiger partial charge in [-0.25, -0.2) is 0 Å². The standard InChI is InChI=1S/C22H23NO2S/c1-17-7-12-22(19-5-3-2-4-6-19)26-23(17)15-18-8-10-20(11-9-18)25-21-13-14-24-16-21/h2-12,21H,13-16H2,1H3/t21-/m0/s1. The minimum absolute atomic E-state index is 0.197. The second-order valence-corrected chi connectivity index (χ2v) is 7.64. The fraction of sp³-hybridized carbons (Fsp3) is 0.273. The maximum absolute atomic E-state index is 5.95. The number of benzene rings is 2. The lowest BCUT2D eigenvalue weighted by Crippen LogP contribution is -2.16.